The van der Waals surface area contributed by atoms with Crippen LogP contribution in [0.4, 0.5) is 0 Å². The summed E-state index contributed by atoms with van der Waals surface area (Å²) in [4.78, 5) is 2.62. The summed E-state index contributed by atoms with van der Waals surface area (Å²) in [6.45, 7) is 10.4. The predicted molar refractivity (Wildman–Crippen MR) is 73.2 cm³/mol. The molecule has 1 fully saturated rings. The van der Waals surface area contributed by atoms with Gasteiger partial charge in [-0.05, 0) is 38.1 Å². The van der Waals surface area contributed by atoms with Gasteiger partial charge in [-0.15, -0.1) is 0 Å². The fourth-order valence-electron chi connectivity index (χ4n) is 2.33. The quantitative estimate of drug-likeness (QED) is 0.614. The largest absolute Gasteiger partial charge is 0.396 e. The third-order valence-electron chi connectivity index (χ3n) is 3.28. The Hall–Kier alpha value is -0.120. The number of hydrogen-bond acceptors (Lipinski definition) is 3. The van der Waals surface area contributed by atoms with Gasteiger partial charge >= 0.3 is 0 Å². The molecule has 3 heteroatoms. The second-order valence-corrected chi connectivity index (χ2v) is 5.74. The summed E-state index contributed by atoms with van der Waals surface area (Å²) in [6.07, 6.45) is 4.77. The van der Waals surface area contributed by atoms with Crippen molar-refractivity contribution < 1.29 is 5.11 Å². The van der Waals surface area contributed by atoms with Crippen LogP contribution in [0.5, 0.6) is 0 Å². The first-order chi connectivity index (χ1) is 8.17. The van der Waals surface area contributed by atoms with Crippen molar-refractivity contribution >= 4 is 0 Å². The van der Waals surface area contributed by atoms with Gasteiger partial charge in [-0.3, -0.25) is 4.90 Å². The highest BCUT2D eigenvalue weighted by Crippen LogP contribution is 2.27. The third-order valence-corrected chi connectivity index (χ3v) is 3.28. The van der Waals surface area contributed by atoms with Crippen LogP contribution in [-0.4, -0.2) is 48.3 Å². The van der Waals surface area contributed by atoms with Gasteiger partial charge in [0.05, 0.1) is 0 Å². The van der Waals surface area contributed by atoms with Gasteiger partial charge in [-0.2, -0.15) is 0 Å². The summed E-state index contributed by atoms with van der Waals surface area (Å²) < 4.78 is 0. The Balaban J connectivity index is 2.37. The zero-order chi connectivity index (χ0) is 12.7. The lowest BCUT2D eigenvalue weighted by atomic mass is 10.1. The van der Waals surface area contributed by atoms with Gasteiger partial charge in [-0.25, -0.2) is 0 Å². The average molecular weight is 242 g/mol. The highest BCUT2D eigenvalue weighted by atomic mass is 16.3. The molecule has 3 nitrogen and oxygen atoms in total. The molecule has 0 heterocycles. The number of aliphatic hydroxyl groups excluding tert-OH is 1. The highest BCUT2D eigenvalue weighted by molar-refractivity contribution is 4.87. The maximum atomic E-state index is 9.13. The molecule has 0 aromatic rings. The van der Waals surface area contributed by atoms with E-state index in [1.807, 2.05) is 0 Å². The number of hydrogen-bond donors (Lipinski definition) is 2. The Bertz CT molecular complexity index is 193. The molecule has 2 N–H and O–H groups in total. The molecule has 0 aromatic heterocycles. The van der Waals surface area contributed by atoms with Gasteiger partial charge in [-0.1, -0.05) is 20.8 Å². The molecular formula is C14H30N2O. The van der Waals surface area contributed by atoms with Crippen molar-refractivity contribution in [3.8, 4) is 0 Å². The lowest BCUT2D eigenvalue weighted by Gasteiger charge is -2.29. The molecule has 0 bridgehead atoms. The molecule has 0 aromatic carbocycles. The molecule has 17 heavy (non-hydrogen) atoms. The average Bonchev–Trinajstić information content (AvgIpc) is 3.08. The number of aliphatic hydroxyl groups is 1. The van der Waals surface area contributed by atoms with Gasteiger partial charge in [0.1, 0.15) is 0 Å². The fraction of sp³-hybridized carbons (Fsp3) is 1.00. The Labute approximate surface area is 107 Å². The topological polar surface area (TPSA) is 35.5 Å². The summed E-state index contributed by atoms with van der Waals surface area (Å²) in [5.74, 6) is 0.733. The van der Waals surface area contributed by atoms with E-state index in [9.17, 15) is 0 Å². The second-order valence-electron chi connectivity index (χ2n) is 5.74. The van der Waals surface area contributed by atoms with E-state index in [1.165, 1.54) is 19.4 Å². The Morgan fingerprint density at radius 1 is 1.29 bits per heavy atom. The molecule has 0 amide bonds. The molecule has 1 rings (SSSR count). The lowest BCUT2D eigenvalue weighted by Crippen LogP contribution is -2.44. The van der Waals surface area contributed by atoms with E-state index in [0.717, 1.165) is 37.9 Å². The summed E-state index contributed by atoms with van der Waals surface area (Å²) in [5.41, 5.74) is 0. The lowest BCUT2D eigenvalue weighted by molar-refractivity contribution is 0.186. The molecule has 102 valence electrons. The minimum absolute atomic E-state index is 0.293. The van der Waals surface area contributed by atoms with E-state index in [2.05, 4.69) is 31.0 Å². The van der Waals surface area contributed by atoms with E-state index in [0.29, 0.717) is 12.6 Å². The van der Waals surface area contributed by atoms with E-state index in [4.69, 9.17) is 5.11 Å². The molecule has 1 atom stereocenters. The highest BCUT2D eigenvalue weighted by Gasteiger charge is 2.30. The van der Waals surface area contributed by atoms with Crippen LogP contribution in [0.25, 0.3) is 0 Å². The monoisotopic (exact) mass is 242 g/mol. The molecule has 1 saturated carbocycles. The zero-order valence-electron chi connectivity index (χ0n) is 11.8. The van der Waals surface area contributed by atoms with E-state index >= 15 is 0 Å². The minimum Gasteiger partial charge on any atom is -0.396 e. The summed E-state index contributed by atoms with van der Waals surface area (Å²) in [5, 5.41) is 12.7. The van der Waals surface area contributed by atoms with Crippen molar-refractivity contribution in [3.63, 3.8) is 0 Å². The first-order valence-corrected chi connectivity index (χ1v) is 7.25. The van der Waals surface area contributed by atoms with Crippen LogP contribution in [0.1, 0.15) is 46.5 Å². The number of nitrogens with zero attached hydrogens (tertiary/aromatic N) is 1. The summed E-state index contributed by atoms with van der Waals surface area (Å²) in [6, 6.07) is 1.28. The van der Waals surface area contributed by atoms with Crippen LogP contribution < -0.4 is 5.32 Å². The van der Waals surface area contributed by atoms with Crippen LogP contribution in [-0.2, 0) is 0 Å². The van der Waals surface area contributed by atoms with Gasteiger partial charge in [0.15, 0.2) is 0 Å². The molecule has 0 aliphatic heterocycles. The summed E-state index contributed by atoms with van der Waals surface area (Å²) in [7, 11) is 0. The molecule has 1 aliphatic carbocycles. The normalized spacial score (nSPS) is 18.0. The van der Waals surface area contributed by atoms with Gasteiger partial charge < -0.3 is 10.4 Å². The Morgan fingerprint density at radius 3 is 2.47 bits per heavy atom. The van der Waals surface area contributed by atoms with E-state index in [1.54, 1.807) is 0 Å². The van der Waals surface area contributed by atoms with Crippen molar-refractivity contribution in [2.75, 3.05) is 26.2 Å². The maximum Gasteiger partial charge on any atom is 0.0446 e. The molecule has 0 saturated heterocycles. The second kappa shape index (κ2) is 8.06. The van der Waals surface area contributed by atoms with Crippen LogP contribution >= 0.6 is 0 Å². The molecule has 1 aliphatic rings. The standard InChI is InChI=1S/C14H30N2O/c1-4-8-15-13(7-9-17)11-16(10-12(2)3)14-5-6-14/h12-15,17H,4-11H2,1-3H3. The molecule has 0 spiro atoms. The fourth-order valence-corrected chi connectivity index (χ4v) is 2.33. The first-order valence-electron chi connectivity index (χ1n) is 7.25. The van der Waals surface area contributed by atoms with Crippen LogP contribution in [0.3, 0.4) is 0 Å². The van der Waals surface area contributed by atoms with Crippen LogP contribution in [0, 0.1) is 5.92 Å². The van der Waals surface area contributed by atoms with Crippen molar-refractivity contribution in [3.05, 3.63) is 0 Å². The SMILES string of the molecule is CCCNC(CCO)CN(CC(C)C)C1CC1. The Morgan fingerprint density at radius 2 is 2.00 bits per heavy atom. The maximum absolute atomic E-state index is 9.13. The van der Waals surface area contributed by atoms with Crippen molar-refractivity contribution in [1.29, 1.82) is 0 Å². The van der Waals surface area contributed by atoms with Crippen molar-refractivity contribution in [1.82, 2.24) is 10.2 Å². The van der Waals surface area contributed by atoms with Crippen LogP contribution in [0.2, 0.25) is 0 Å². The van der Waals surface area contributed by atoms with Crippen molar-refractivity contribution in [2.24, 2.45) is 5.92 Å². The number of nitrogens with one attached hydrogen (secondary N) is 1. The van der Waals surface area contributed by atoms with Crippen LogP contribution in [0.15, 0.2) is 0 Å². The molecule has 1 unspecified atom stereocenters. The summed E-state index contributed by atoms with van der Waals surface area (Å²) >= 11 is 0. The van der Waals surface area contributed by atoms with E-state index in [-0.39, 0.29) is 0 Å². The number of rotatable bonds is 10. The Kier molecular flexibility index (Phi) is 7.09. The smallest absolute Gasteiger partial charge is 0.0446 e. The zero-order valence-corrected chi connectivity index (χ0v) is 11.8. The van der Waals surface area contributed by atoms with Gasteiger partial charge in [0.2, 0.25) is 0 Å². The third kappa shape index (κ3) is 6.39. The molecular weight excluding hydrogens is 212 g/mol. The van der Waals surface area contributed by atoms with Crippen molar-refractivity contribution in [2.45, 2.75) is 58.5 Å². The van der Waals surface area contributed by atoms with E-state index < -0.39 is 0 Å². The first kappa shape index (κ1) is 14.9. The predicted octanol–water partition coefficient (Wildman–Crippen LogP) is 1.86. The van der Waals surface area contributed by atoms with Gasteiger partial charge in [0, 0.05) is 31.8 Å². The van der Waals surface area contributed by atoms with Gasteiger partial charge in [0.25, 0.3) is 0 Å². The molecule has 0 radical (unpaired) electrons. The minimum atomic E-state index is 0.293.